The van der Waals surface area contributed by atoms with Crippen molar-refractivity contribution in [2.45, 2.75) is 25.4 Å². The summed E-state index contributed by atoms with van der Waals surface area (Å²) in [5, 5.41) is 6.63. The first-order valence-electron chi connectivity index (χ1n) is 10.9. The van der Waals surface area contributed by atoms with E-state index in [2.05, 4.69) is 15.6 Å². The highest BCUT2D eigenvalue weighted by Crippen LogP contribution is 2.34. The third kappa shape index (κ3) is 3.97. The predicted octanol–water partition coefficient (Wildman–Crippen LogP) is 3.93. The van der Waals surface area contributed by atoms with Gasteiger partial charge in [0.1, 0.15) is 11.6 Å². The molecule has 5 rings (SSSR count). The highest BCUT2D eigenvalue weighted by atomic mass is 16.5. The topological polar surface area (TPSA) is 82.6 Å². The number of carbonyl (C=O) groups excluding carboxylic acids is 1. The molecule has 2 aliphatic rings. The zero-order valence-corrected chi connectivity index (χ0v) is 18.0. The average molecular weight is 431 g/mol. The van der Waals surface area contributed by atoms with E-state index < -0.39 is 0 Å². The van der Waals surface area contributed by atoms with Gasteiger partial charge in [-0.25, -0.2) is 9.78 Å². The van der Waals surface area contributed by atoms with Crippen molar-refractivity contribution in [3.63, 3.8) is 0 Å². The Morgan fingerprint density at radius 3 is 2.53 bits per heavy atom. The first kappa shape index (κ1) is 20.3. The van der Waals surface area contributed by atoms with Crippen LogP contribution in [0.4, 0.5) is 27.9 Å². The average Bonchev–Trinajstić information content (AvgIpc) is 2.85. The second-order valence-corrected chi connectivity index (χ2v) is 7.95. The molecule has 2 N–H and O–H groups in total. The van der Waals surface area contributed by atoms with Crippen molar-refractivity contribution in [2.75, 3.05) is 35.3 Å². The number of nitrogens with one attached hydrogen (secondary N) is 2. The van der Waals surface area contributed by atoms with Gasteiger partial charge in [-0.15, -0.1) is 0 Å². The Bertz CT molecular complexity index is 1080. The van der Waals surface area contributed by atoms with Crippen LogP contribution in [0.25, 0.3) is 0 Å². The smallest absolute Gasteiger partial charge is 0.330 e. The van der Waals surface area contributed by atoms with E-state index in [1.54, 1.807) is 12.0 Å². The van der Waals surface area contributed by atoms with Gasteiger partial charge in [0.15, 0.2) is 0 Å². The molecule has 3 aromatic rings. The Labute approximate surface area is 187 Å². The number of benzene rings is 2. The molecule has 2 aliphatic heterocycles. The van der Waals surface area contributed by atoms with Gasteiger partial charge in [-0.1, -0.05) is 18.2 Å². The number of carbonyl (C=O) groups is 1. The molecule has 0 saturated carbocycles. The number of anilines is 4. The normalized spacial score (nSPS) is 16.6. The van der Waals surface area contributed by atoms with E-state index in [4.69, 9.17) is 9.72 Å². The monoisotopic (exact) mass is 430 g/mol. The third-order valence-electron chi connectivity index (χ3n) is 5.92. The summed E-state index contributed by atoms with van der Waals surface area (Å²) in [6.07, 6.45) is 3.59. The number of rotatable bonds is 5. The maximum absolute atomic E-state index is 13.7. The molecule has 8 heteroatoms. The number of ether oxygens (including phenoxy) is 1. The summed E-state index contributed by atoms with van der Waals surface area (Å²) in [4.78, 5) is 26.7. The first-order valence-corrected chi connectivity index (χ1v) is 10.9. The molecule has 0 aliphatic carbocycles. The summed E-state index contributed by atoms with van der Waals surface area (Å²) in [5.74, 6) is 1.94. The lowest BCUT2D eigenvalue weighted by Gasteiger charge is -2.41. The van der Waals surface area contributed by atoms with Crippen LogP contribution in [0.1, 0.15) is 18.4 Å². The van der Waals surface area contributed by atoms with E-state index >= 15 is 0 Å². The fourth-order valence-electron chi connectivity index (χ4n) is 4.25. The largest absolute Gasteiger partial charge is 0.497 e. The van der Waals surface area contributed by atoms with Gasteiger partial charge in [0, 0.05) is 29.2 Å². The number of piperidine rings is 1. The number of aromatic nitrogens is 2. The summed E-state index contributed by atoms with van der Waals surface area (Å²) in [6.45, 7) is 2.19. The number of urea groups is 1. The van der Waals surface area contributed by atoms with Crippen LogP contribution in [0, 0.1) is 0 Å². The van der Waals surface area contributed by atoms with Gasteiger partial charge in [0.2, 0.25) is 5.95 Å². The van der Waals surface area contributed by atoms with Crippen molar-refractivity contribution >= 4 is 29.2 Å². The standard InChI is InChI=1S/C24H26N6O2/c1-32-21-9-7-19(8-10-21)29-16-17-15-26-23(27-18-5-3-2-4-6-18)28-22(17)30(24(29)31)20-11-13-25-14-12-20/h2-10,15,20,25H,11-14,16H2,1H3,(H,26,27,28). The molecule has 8 nitrogen and oxygen atoms in total. The van der Waals surface area contributed by atoms with Crippen molar-refractivity contribution in [1.29, 1.82) is 0 Å². The maximum Gasteiger partial charge on any atom is 0.330 e. The number of para-hydroxylation sites is 1. The molecule has 32 heavy (non-hydrogen) atoms. The second-order valence-electron chi connectivity index (χ2n) is 7.95. The molecule has 1 saturated heterocycles. The van der Waals surface area contributed by atoms with Crippen LogP contribution in [-0.2, 0) is 6.54 Å². The van der Waals surface area contributed by atoms with Gasteiger partial charge in [-0.2, -0.15) is 4.98 Å². The number of methoxy groups -OCH3 is 1. The first-order chi connectivity index (χ1) is 15.7. The number of nitrogens with zero attached hydrogens (tertiary/aromatic N) is 4. The molecule has 164 valence electrons. The molecular formula is C24H26N6O2. The molecule has 2 amide bonds. The fourth-order valence-corrected chi connectivity index (χ4v) is 4.25. The van der Waals surface area contributed by atoms with E-state index in [1.807, 2.05) is 65.7 Å². The van der Waals surface area contributed by atoms with Gasteiger partial charge in [-0.3, -0.25) is 9.80 Å². The van der Waals surface area contributed by atoms with E-state index in [1.165, 1.54) is 0 Å². The molecule has 1 fully saturated rings. The molecule has 1 aromatic heterocycles. The minimum atomic E-state index is -0.0565. The lowest BCUT2D eigenvalue weighted by atomic mass is 10.0. The van der Waals surface area contributed by atoms with Gasteiger partial charge < -0.3 is 15.4 Å². The highest BCUT2D eigenvalue weighted by Gasteiger charge is 2.37. The summed E-state index contributed by atoms with van der Waals surface area (Å²) in [7, 11) is 1.63. The van der Waals surface area contributed by atoms with Crippen molar-refractivity contribution < 1.29 is 9.53 Å². The van der Waals surface area contributed by atoms with Crippen LogP contribution < -0.4 is 25.2 Å². The Kier molecular flexibility index (Phi) is 5.60. The van der Waals surface area contributed by atoms with E-state index in [0.717, 1.165) is 48.6 Å². The highest BCUT2D eigenvalue weighted by molar-refractivity contribution is 6.06. The zero-order chi connectivity index (χ0) is 21.9. The molecule has 0 bridgehead atoms. The summed E-state index contributed by atoms with van der Waals surface area (Å²) in [6, 6.07) is 17.4. The Hall–Kier alpha value is -3.65. The second kappa shape index (κ2) is 8.84. The van der Waals surface area contributed by atoms with E-state index in [0.29, 0.717) is 18.3 Å². The van der Waals surface area contributed by atoms with E-state index in [9.17, 15) is 4.79 Å². The molecule has 0 spiro atoms. The van der Waals surface area contributed by atoms with Gasteiger partial charge in [0.25, 0.3) is 0 Å². The van der Waals surface area contributed by atoms with Crippen LogP contribution in [-0.4, -0.2) is 42.2 Å². The van der Waals surface area contributed by atoms with Crippen LogP contribution in [0.3, 0.4) is 0 Å². The Morgan fingerprint density at radius 2 is 1.81 bits per heavy atom. The van der Waals surface area contributed by atoms with Crippen LogP contribution in [0.5, 0.6) is 5.75 Å². The van der Waals surface area contributed by atoms with Crippen molar-refractivity contribution in [2.24, 2.45) is 0 Å². The lowest BCUT2D eigenvalue weighted by molar-refractivity contribution is 0.245. The van der Waals surface area contributed by atoms with Crippen molar-refractivity contribution in [3.05, 3.63) is 66.4 Å². The fraction of sp³-hybridized carbons (Fsp3) is 0.292. The molecular weight excluding hydrogens is 404 g/mol. The minimum absolute atomic E-state index is 0.0565. The number of hydrogen-bond acceptors (Lipinski definition) is 6. The predicted molar refractivity (Wildman–Crippen MR) is 125 cm³/mol. The number of fused-ring (bicyclic) bond motifs is 1. The van der Waals surface area contributed by atoms with Crippen molar-refractivity contribution in [1.82, 2.24) is 15.3 Å². The zero-order valence-electron chi connectivity index (χ0n) is 18.0. The van der Waals surface area contributed by atoms with Gasteiger partial charge in [-0.05, 0) is 62.3 Å². The summed E-state index contributed by atoms with van der Waals surface area (Å²) >= 11 is 0. The Balaban J connectivity index is 1.51. The lowest BCUT2D eigenvalue weighted by Crippen LogP contribution is -2.55. The number of amides is 2. The minimum Gasteiger partial charge on any atom is -0.497 e. The summed E-state index contributed by atoms with van der Waals surface area (Å²) in [5.41, 5.74) is 2.66. The molecule has 3 heterocycles. The number of hydrogen-bond donors (Lipinski definition) is 2. The molecule has 2 aromatic carbocycles. The van der Waals surface area contributed by atoms with Crippen LogP contribution in [0.15, 0.2) is 60.8 Å². The van der Waals surface area contributed by atoms with E-state index in [-0.39, 0.29) is 12.1 Å². The maximum atomic E-state index is 13.7. The molecule has 0 radical (unpaired) electrons. The molecule has 0 unspecified atom stereocenters. The quantitative estimate of drug-likeness (QED) is 0.638. The van der Waals surface area contributed by atoms with Gasteiger partial charge >= 0.3 is 6.03 Å². The van der Waals surface area contributed by atoms with Crippen LogP contribution >= 0.6 is 0 Å². The molecule has 0 atom stereocenters. The van der Waals surface area contributed by atoms with Crippen LogP contribution in [0.2, 0.25) is 0 Å². The Morgan fingerprint density at radius 1 is 1.06 bits per heavy atom. The third-order valence-corrected chi connectivity index (χ3v) is 5.92. The van der Waals surface area contributed by atoms with Crippen molar-refractivity contribution in [3.8, 4) is 5.75 Å². The van der Waals surface area contributed by atoms with Gasteiger partial charge in [0.05, 0.1) is 13.7 Å². The SMILES string of the molecule is COc1ccc(N2Cc3cnc(Nc4ccccc4)nc3N(C3CCNCC3)C2=O)cc1. The summed E-state index contributed by atoms with van der Waals surface area (Å²) < 4.78 is 5.27.